The fourth-order valence-corrected chi connectivity index (χ4v) is 1.02. The Morgan fingerprint density at radius 3 is 2.44 bits per heavy atom. The van der Waals surface area contributed by atoms with E-state index >= 15 is 0 Å². The van der Waals surface area contributed by atoms with Crippen LogP contribution in [0, 0.1) is 5.41 Å². The highest BCUT2D eigenvalue weighted by Gasteiger charge is 2.22. The van der Waals surface area contributed by atoms with Crippen molar-refractivity contribution in [3.63, 3.8) is 0 Å². The van der Waals surface area contributed by atoms with Gasteiger partial charge in [0.1, 0.15) is 0 Å². The maximum Gasteiger partial charge on any atom is 0.358 e. The highest BCUT2D eigenvalue weighted by molar-refractivity contribution is 5.90. The molecule has 1 aromatic rings. The number of aromatic nitrogens is 2. The van der Waals surface area contributed by atoms with Crippen LogP contribution in [0.25, 0.3) is 0 Å². The number of carboxylic acid groups (broad SMARTS) is 1. The van der Waals surface area contributed by atoms with Gasteiger partial charge in [0, 0.05) is 18.4 Å². The van der Waals surface area contributed by atoms with Crippen LogP contribution in [0.5, 0.6) is 0 Å². The fraction of sp³-hybridized carbons (Fsp3) is 0.545. The molecule has 0 aliphatic heterocycles. The maximum atomic E-state index is 10.9. The molecule has 1 atom stereocenters. The third-order valence-corrected chi connectivity index (χ3v) is 2.55. The summed E-state index contributed by atoms with van der Waals surface area (Å²) in [7, 11) is 0. The zero-order valence-corrected chi connectivity index (χ0v) is 9.98. The average molecular weight is 223 g/mol. The molecule has 0 amide bonds. The van der Waals surface area contributed by atoms with Crippen LogP contribution in [-0.2, 0) is 0 Å². The first-order valence-corrected chi connectivity index (χ1v) is 5.13. The summed E-state index contributed by atoms with van der Waals surface area (Å²) in [6.45, 7) is 8.20. The first-order valence-electron chi connectivity index (χ1n) is 5.13. The minimum atomic E-state index is -1.07. The zero-order valence-electron chi connectivity index (χ0n) is 9.98. The Labute approximate surface area is 94.9 Å². The lowest BCUT2D eigenvalue weighted by molar-refractivity contribution is 0.0691. The number of nitrogens with zero attached hydrogens (tertiary/aromatic N) is 2. The molecule has 0 aliphatic rings. The molecule has 1 aromatic heterocycles. The van der Waals surface area contributed by atoms with Crippen LogP contribution in [0.1, 0.15) is 38.2 Å². The first-order chi connectivity index (χ1) is 7.32. The van der Waals surface area contributed by atoms with Crippen molar-refractivity contribution in [3.05, 3.63) is 18.1 Å². The van der Waals surface area contributed by atoms with Crippen molar-refractivity contribution in [2.45, 2.75) is 33.7 Å². The molecule has 2 N–H and O–H groups in total. The number of carbonyl (C=O) groups is 1. The van der Waals surface area contributed by atoms with Crippen molar-refractivity contribution in [1.82, 2.24) is 9.97 Å². The number of anilines is 1. The summed E-state index contributed by atoms with van der Waals surface area (Å²) in [5.74, 6) is -0.755. The number of nitrogens with one attached hydrogen (secondary N) is 1. The Kier molecular flexibility index (Phi) is 3.47. The van der Waals surface area contributed by atoms with Crippen LogP contribution in [0.3, 0.4) is 0 Å². The number of hydrogen-bond acceptors (Lipinski definition) is 4. The predicted molar refractivity (Wildman–Crippen MR) is 61.5 cm³/mol. The van der Waals surface area contributed by atoms with Crippen LogP contribution in [-0.4, -0.2) is 27.1 Å². The van der Waals surface area contributed by atoms with E-state index in [1.54, 1.807) is 0 Å². The Bertz CT molecular complexity index is 385. The van der Waals surface area contributed by atoms with Gasteiger partial charge < -0.3 is 10.4 Å². The molecule has 0 bridgehead atoms. The van der Waals surface area contributed by atoms with Gasteiger partial charge in [0.25, 0.3) is 0 Å². The second-order valence-corrected chi connectivity index (χ2v) is 4.79. The molecule has 0 radical (unpaired) electrons. The topological polar surface area (TPSA) is 75.1 Å². The molecule has 16 heavy (non-hydrogen) atoms. The summed E-state index contributed by atoms with van der Waals surface area (Å²) < 4.78 is 0. The quantitative estimate of drug-likeness (QED) is 0.820. The predicted octanol–water partition coefficient (Wildman–Crippen LogP) is 2.02. The van der Waals surface area contributed by atoms with E-state index in [0.29, 0.717) is 5.82 Å². The molecule has 1 rings (SSSR count). The molecular weight excluding hydrogens is 206 g/mol. The summed E-state index contributed by atoms with van der Waals surface area (Å²) in [5.41, 5.74) is -0.0218. The number of rotatable bonds is 3. The summed E-state index contributed by atoms with van der Waals surface area (Å²) in [5, 5.41) is 12.0. The van der Waals surface area contributed by atoms with E-state index in [2.05, 4.69) is 36.1 Å². The number of hydrogen-bond donors (Lipinski definition) is 2. The molecule has 0 fully saturated rings. The monoisotopic (exact) mass is 223 g/mol. The van der Waals surface area contributed by atoms with Gasteiger partial charge in [-0.1, -0.05) is 20.8 Å². The minimum absolute atomic E-state index is 0.0211. The lowest BCUT2D eigenvalue weighted by Gasteiger charge is -2.28. The molecule has 5 nitrogen and oxygen atoms in total. The van der Waals surface area contributed by atoms with Crippen molar-refractivity contribution in [2.75, 3.05) is 5.32 Å². The Morgan fingerprint density at radius 2 is 1.94 bits per heavy atom. The SMILES string of the molecule is CC(Nc1nccnc1C(=O)O)C(C)(C)C. The van der Waals surface area contributed by atoms with Crippen molar-refractivity contribution in [2.24, 2.45) is 5.41 Å². The number of aromatic carboxylic acids is 1. The summed E-state index contributed by atoms with van der Waals surface area (Å²) in [6.07, 6.45) is 2.85. The Balaban J connectivity index is 2.93. The van der Waals surface area contributed by atoms with Crippen LogP contribution in [0.4, 0.5) is 5.82 Å². The highest BCUT2D eigenvalue weighted by atomic mass is 16.4. The first kappa shape index (κ1) is 12.4. The van der Waals surface area contributed by atoms with Gasteiger partial charge in [0.05, 0.1) is 0 Å². The van der Waals surface area contributed by atoms with E-state index in [-0.39, 0.29) is 17.2 Å². The molecule has 88 valence electrons. The van der Waals surface area contributed by atoms with E-state index in [1.165, 1.54) is 12.4 Å². The molecule has 0 saturated heterocycles. The zero-order chi connectivity index (χ0) is 12.3. The van der Waals surface area contributed by atoms with E-state index in [9.17, 15) is 4.79 Å². The maximum absolute atomic E-state index is 10.9. The molecule has 0 spiro atoms. The molecule has 1 unspecified atom stereocenters. The summed E-state index contributed by atoms with van der Waals surface area (Å²) in [6, 6.07) is 0.0994. The van der Waals surface area contributed by atoms with E-state index in [0.717, 1.165) is 0 Å². The second-order valence-electron chi connectivity index (χ2n) is 4.79. The Morgan fingerprint density at radius 1 is 1.38 bits per heavy atom. The summed E-state index contributed by atoms with van der Waals surface area (Å²) >= 11 is 0. The lowest BCUT2D eigenvalue weighted by Crippen LogP contribution is -2.32. The van der Waals surface area contributed by atoms with Gasteiger partial charge in [-0.3, -0.25) is 0 Å². The van der Waals surface area contributed by atoms with E-state index in [1.807, 2.05) is 6.92 Å². The molecular formula is C11H17N3O2. The average Bonchev–Trinajstić information content (AvgIpc) is 2.16. The number of carboxylic acids is 1. The van der Waals surface area contributed by atoms with Crippen LogP contribution >= 0.6 is 0 Å². The normalized spacial score (nSPS) is 13.2. The van der Waals surface area contributed by atoms with Gasteiger partial charge in [-0.05, 0) is 12.3 Å². The standard InChI is InChI=1S/C11H17N3O2/c1-7(11(2,3)4)14-9-8(10(15)16)12-5-6-13-9/h5-7H,1-4H3,(H,13,14)(H,15,16). The third kappa shape index (κ3) is 2.92. The molecule has 0 saturated carbocycles. The van der Waals surface area contributed by atoms with Crippen molar-refractivity contribution >= 4 is 11.8 Å². The summed E-state index contributed by atoms with van der Waals surface area (Å²) in [4.78, 5) is 18.7. The van der Waals surface area contributed by atoms with Gasteiger partial charge in [0.15, 0.2) is 11.5 Å². The van der Waals surface area contributed by atoms with Crippen molar-refractivity contribution in [1.29, 1.82) is 0 Å². The molecule has 0 aliphatic carbocycles. The van der Waals surface area contributed by atoms with Gasteiger partial charge in [-0.2, -0.15) is 0 Å². The van der Waals surface area contributed by atoms with Gasteiger partial charge >= 0.3 is 5.97 Å². The van der Waals surface area contributed by atoms with Crippen LogP contribution in [0.15, 0.2) is 12.4 Å². The van der Waals surface area contributed by atoms with Crippen molar-refractivity contribution in [3.8, 4) is 0 Å². The van der Waals surface area contributed by atoms with Crippen LogP contribution < -0.4 is 5.32 Å². The Hall–Kier alpha value is -1.65. The van der Waals surface area contributed by atoms with E-state index < -0.39 is 5.97 Å². The molecule has 0 aromatic carbocycles. The van der Waals surface area contributed by atoms with Gasteiger partial charge in [0.2, 0.25) is 0 Å². The van der Waals surface area contributed by atoms with Gasteiger partial charge in [-0.25, -0.2) is 14.8 Å². The highest BCUT2D eigenvalue weighted by Crippen LogP contribution is 2.22. The third-order valence-electron chi connectivity index (χ3n) is 2.55. The molecule has 1 heterocycles. The fourth-order valence-electron chi connectivity index (χ4n) is 1.02. The lowest BCUT2D eigenvalue weighted by atomic mass is 9.88. The minimum Gasteiger partial charge on any atom is -0.476 e. The smallest absolute Gasteiger partial charge is 0.358 e. The van der Waals surface area contributed by atoms with Gasteiger partial charge in [-0.15, -0.1) is 0 Å². The van der Waals surface area contributed by atoms with Crippen molar-refractivity contribution < 1.29 is 9.90 Å². The second kappa shape index (κ2) is 4.47. The largest absolute Gasteiger partial charge is 0.476 e. The van der Waals surface area contributed by atoms with E-state index in [4.69, 9.17) is 5.11 Å². The molecule has 5 heteroatoms. The van der Waals surface area contributed by atoms with Crippen LogP contribution in [0.2, 0.25) is 0 Å².